The molecule has 0 bridgehead atoms. The van der Waals surface area contributed by atoms with Crippen LogP contribution in [0, 0.1) is 5.92 Å². The third-order valence-electron chi connectivity index (χ3n) is 4.95. The molecule has 0 atom stereocenters. The summed E-state index contributed by atoms with van der Waals surface area (Å²) in [7, 11) is 0. The van der Waals surface area contributed by atoms with Gasteiger partial charge in [-0.1, -0.05) is 18.0 Å². The van der Waals surface area contributed by atoms with E-state index in [4.69, 9.17) is 10.3 Å². The van der Waals surface area contributed by atoms with Gasteiger partial charge in [-0.05, 0) is 31.6 Å². The monoisotopic (exact) mass is 321 g/mol. The van der Waals surface area contributed by atoms with Crippen molar-refractivity contribution in [1.82, 2.24) is 20.4 Å². The number of hydrogen-bond donors (Lipinski definition) is 2. The summed E-state index contributed by atoms with van der Waals surface area (Å²) < 4.78 is 5.02. The Morgan fingerprint density at radius 3 is 2.65 bits per heavy atom. The average molecular weight is 321 g/mol. The van der Waals surface area contributed by atoms with Gasteiger partial charge in [0.1, 0.15) is 0 Å². The van der Waals surface area contributed by atoms with Crippen molar-refractivity contribution in [2.45, 2.75) is 64.1 Å². The molecule has 1 aromatic heterocycles. The summed E-state index contributed by atoms with van der Waals surface area (Å²) in [6.07, 6.45) is 7.71. The second-order valence-electron chi connectivity index (χ2n) is 6.78. The number of piperidine rings is 1. The lowest BCUT2D eigenvalue weighted by Gasteiger charge is -2.31. The Labute approximate surface area is 137 Å². The Kier molecular flexibility index (Phi) is 5.61. The predicted molar refractivity (Wildman–Crippen MR) is 85.2 cm³/mol. The molecule has 0 radical (unpaired) electrons. The molecule has 1 amide bonds. The Bertz CT molecular complexity index is 504. The molecule has 1 aliphatic carbocycles. The third-order valence-corrected chi connectivity index (χ3v) is 4.95. The summed E-state index contributed by atoms with van der Waals surface area (Å²) in [6, 6.07) is 0.310. The average Bonchev–Trinajstić information content (AvgIpc) is 3.21. The minimum Gasteiger partial charge on any atom is -0.353 e. The van der Waals surface area contributed by atoms with Gasteiger partial charge in [0.2, 0.25) is 11.8 Å². The van der Waals surface area contributed by atoms with Crippen molar-refractivity contribution in [1.29, 1.82) is 0 Å². The third kappa shape index (κ3) is 4.75. The van der Waals surface area contributed by atoms with Gasteiger partial charge in [-0.15, -0.1) is 0 Å². The van der Waals surface area contributed by atoms with E-state index in [2.05, 4.69) is 20.4 Å². The van der Waals surface area contributed by atoms with Crippen molar-refractivity contribution >= 4 is 5.91 Å². The zero-order valence-electron chi connectivity index (χ0n) is 13.7. The first-order valence-electron chi connectivity index (χ1n) is 8.76. The molecule has 128 valence electrons. The van der Waals surface area contributed by atoms with Crippen LogP contribution in [0.5, 0.6) is 0 Å². The Hall–Kier alpha value is -1.47. The normalized spacial score (nSPS) is 20.9. The maximum absolute atomic E-state index is 12.1. The van der Waals surface area contributed by atoms with Crippen molar-refractivity contribution in [3.8, 4) is 0 Å². The lowest BCUT2D eigenvalue weighted by atomic mass is 10.0. The summed E-state index contributed by atoms with van der Waals surface area (Å²) in [6.45, 7) is 2.86. The highest BCUT2D eigenvalue weighted by Crippen LogP contribution is 2.27. The second kappa shape index (κ2) is 7.88. The van der Waals surface area contributed by atoms with E-state index in [1.54, 1.807) is 0 Å². The van der Waals surface area contributed by atoms with Crippen LogP contribution in [0.4, 0.5) is 0 Å². The highest BCUT2D eigenvalue weighted by molar-refractivity contribution is 5.76. The van der Waals surface area contributed by atoms with Crippen LogP contribution in [0.1, 0.15) is 56.7 Å². The molecule has 1 aromatic rings. The van der Waals surface area contributed by atoms with Crippen LogP contribution in [0.3, 0.4) is 0 Å². The van der Waals surface area contributed by atoms with Gasteiger partial charge in [-0.2, -0.15) is 4.98 Å². The fourth-order valence-electron chi connectivity index (χ4n) is 3.64. The maximum Gasteiger partial charge on any atom is 0.240 e. The van der Waals surface area contributed by atoms with Gasteiger partial charge in [-0.3, -0.25) is 9.69 Å². The number of carbonyl (C=O) groups is 1. The van der Waals surface area contributed by atoms with Gasteiger partial charge in [-0.25, -0.2) is 0 Å². The molecule has 0 spiro atoms. The number of aromatic nitrogens is 2. The van der Waals surface area contributed by atoms with Crippen LogP contribution >= 0.6 is 0 Å². The first-order valence-corrected chi connectivity index (χ1v) is 8.76. The van der Waals surface area contributed by atoms with E-state index >= 15 is 0 Å². The molecular weight excluding hydrogens is 294 g/mol. The van der Waals surface area contributed by atoms with E-state index < -0.39 is 0 Å². The van der Waals surface area contributed by atoms with Crippen LogP contribution < -0.4 is 11.1 Å². The largest absolute Gasteiger partial charge is 0.353 e. The highest BCUT2D eigenvalue weighted by Gasteiger charge is 2.24. The first kappa shape index (κ1) is 16.4. The van der Waals surface area contributed by atoms with E-state index in [0.717, 1.165) is 25.9 Å². The SMILES string of the molecule is NCc1nc(CN2CCC(NC(=O)CC3CCCC3)CC2)no1. The van der Waals surface area contributed by atoms with Crippen LogP contribution in [-0.4, -0.2) is 40.1 Å². The molecule has 7 heteroatoms. The number of amides is 1. The Morgan fingerprint density at radius 2 is 2.00 bits per heavy atom. The number of carbonyl (C=O) groups excluding carboxylic acids is 1. The predicted octanol–water partition coefficient (Wildman–Crippen LogP) is 1.19. The molecule has 7 nitrogen and oxygen atoms in total. The zero-order chi connectivity index (χ0) is 16.1. The Morgan fingerprint density at radius 1 is 1.26 bits per heavy atom. The summed E-state index contributed by atoms with van der Waals surface area (Å²) in [5.74, 6) is 2.02. The number of hydrogen-bond acceptors (Lipinski definition) is 6. The van der Waals surface area contributed by atoms with Crippen LogP contribution in [-0.2, 0) is 17.9 Å². The molecule has 2 heterocycles. The zero-order valence-corrected chi connectivity index (χ0v) is 13.7. The number of nitrogens with two attached hydrogens (primary N) is 1. The van der Waals surface area contributed by atoms with Gasteiger partial charge >= 0.3 is 0 Å². The lowest BCUT2D eigenvalue weighted by Crippen LogP contribution is -2.44. The Balaban J connectivity index is 1.37. The van der Waals surface area contributed by atoms with Gasteiger partial charge in [0.05, 0.1) is 13.1 Å². The van der Waals surface area contributed by atoms with E-state index in [1.165, 1.54) is 25.7 Å². The van der Waals surface area contributed by atoms with E-state index in [-0.39, 0.29) is 12.5 Å². The van der Waals surface area contributed by atoms with Crippen LogP contribution in [0.2, 0.25) is 0 Å². The number of likely N-dealkylation sites (tertiary alicyclic amines) is 1. The van der Waals surface area contributed by atoms with Crippen LogP contribution in [0.15, 0.2) is 4.52 Å². The first-order chi connectivity index (χ1) is 11.2. The highest BCUT2D eigenvalue weighted by atomic mass is 16.5. The fourth-order valence-corrected chi connectivity index (χ4v) is 3.64. The summed E-state index contributed by atoms with van der Waals surface area (Å²) in [5, 5.41) is 7.14. The van der Waals surface area contributed by atoms with Gasteiger partial charge in [0, 0.05) is 25.6 Å². The van der Waals surface area contributed by atoms with Gasteiger partial charge in [0.25, 0.3) is 0 Å². The van der Waals surface area contributed by atoms with Gasteiger partial charge < -0.3 is 15.6 Å². The second-order valence-corrected chi connectivity index (χ2v) is 6.78. The molecule has 0 unspecified atom stereocenters. The van der Waals surface area contributed by atoms with Crippen molar-refractivity contribution < 1.29 is 9.32 Å². The number of rotatable bonds is 6. The molecule has 3 rings (SSSR count). The summed E-state index contributed by atoms with van der Waals surface area (Å²) in [5.41, 5.74) is 5.47. The molecule has 1 saturated carbocycles. The molecular formula is C16H27N5O2. The number of nitrogens with zero attached hydrogens (tertiary/aromatic N) is 3. The topological polar surface area (TPSA) is 97.3 Å². The van der Waals surface area contributed by atoms with Crippen molar-refractivity contribution in [3.63, 3.8) is 0 Å². The van der Waals surface area contributed by atoms with Crippen molar-refractivity contribution in [3.05, 3.63) is 11.7 Å². The van der Waals surface area contributed by atoms with E-state index in [9.17, 15) is 4.79 Å². The fraction of sp³-hybridized carbons (Fsp3) is 0.812. The van der Waals surface area contributed by atoms with E-state index in [1.807, 2.05) is 0 Å². The van der Waals surface area contributed by atoms with Crippen molar-refractivity contribution in [2.24, 2.45) is 11.7 Å². The lowest BCUT2D eigenvalue weighted by molar-refractivity contribution is -0.123. The smallest absolute Gasteiger partial charge is 0.240 e. The summed E-state index contributed by atoms with van der Waals surface area (Å²) >= 11 is 0. The maximum atomic E-state index is 12.1. The quantitative estimate of drug-likeness (QED) is 0.817. The van der Waals surface area contributed by atoms with E-state index in [0.29, 0.717) is 36.6 Å². The minimum atomic E-state index is 0.237. The van der Waals surface area contributed by atoms with Crippen LogP contribution in [0.25, 0.3) is 0 Å². The molecule has 23 heavy (non-hydrogen) atoms. The molecule has 2 aliphatic rings. The van der Waals surface area contributed by atoms with Crippen molar-refractivity contribution in [2.75, 3.05) is 13.1 Å². The molecule has 2 fully saturated rings. The molecule has 1 aliphatic heterocycles. The molecule has 1 saturated heterocycles. The molecule has 0 aromatic carbocycles. The van der Waals surface area contributed by atoms with Gasteiger partial charge in [0.15, 0.2) is 5.82 Å². The standard InChI is InChI=1S/C16H27N5O2/c17-10-16-19-14(20-23-16)11-21-7-5-13(6-8-21)18-15(22)9-12-3-1-2-4-12/h12-13H,1-11,17H2,(H,18,22). The minimum absolute atomic E-state index is 0.237. The number of nitrogens with one attached hydrogen (secondary N) is 1. The molecule has 3 N–H and O–H groups in total. The summed E-state index contributed by atoms with van der Waals surface area (Å²) in [4.78, 5) is 18.6.